The van der Waals surface area contributed by atoms with Crippen LogP contribution in [0.4, 0.5) is 0 Å². The summed E-state index contributed by atoms with van der Waals surface area (Å²) >= 11 is 4.08. The molecule has 3 heteroatoms. The molecule has 0 saturated heterocycles. The molecular weight excluding hydrogens is 120 g/mol. The van der Waals surface area contributed by atoms with Crippen LogP contribution in [0.15, 0.2) is 5.03 Å². The summed E-state index contributed by atoms with van der Waals surface area (Å²) in [4.78, 5) is 7.04. The summed E-state index contributed by atoms with van der Waals surface area (Å²) in [5.41, 5.74) is 1.03. The normalized spacial score (nSPS) is 9.88. The number of hydrogen-bond acceptors (Lipinski definition) is 2. The van der Waals surface area contributed by atoms with E-state index in [9.17, 15) is 0 Å². The molecule has 0 aliphatic carbocycles. The summed E-state index contributed by atoms with van der Waals surface area (Å²) in [5.74, 6) is 0.924. The number of nitrogens with one attached hydrogen (secondary N) is 1. The van der Waals surface area contributed by atoms with E-state index in [4.69, 9.17) is 0 Å². The van der Waals surface area contributed by atoms with Crippen molar-refractivity contribution in [2.75, 3.05) is 0 Å². The third kappa shape index (κ3) is 0.865. The SMILES string of the molecule is Cc1nc(S)c(C)[nH]1. The van der Waals surface area contributed by atoms with Gasteiger partial charge in [-0.05, 0) is 13.8 Å². The van der Waals surface area contributed by atoms with Gasteiger partial charge in [0.05, 0.1) is 0 Å². The van der Waals surface area contributed by atoms with Gasteiger partial charge in [-0.2, -0.15) is 0 Å². The van der Waals surface area contributed by atoms with Crippen LogP contribution < -0.4 is 0 Å². The Bertz CT molecular complexity index is 173. The van der Waals surface area contributed by atoms with E-state index in [2.05, 4.69) is 22.6 Å². The molecule has 1 aromatic rings. The third-order valence-corrected chi connectivity index (χ3v) is 1.41. The van der Waals surface area contributed by atoms with Gasteiger partial charge in [-0.3, -0.25) is 0 Å². The Hall–Kier alpha value is -0.440. The molecule has 0 aliphatic rings. The van der Waals surface area contributed by atoms with Crippen LogP contribution in [0.3, 0.4) is 0 Å². The zero-order chi connectivity index (χ0) is 6.15. The van der Waals surface area contributed by atoms with Crippen molar-refractivity contribution in [3.63, 3.8) is 0 Å². The minimum atomic E-state index is 0.794. The number of thiol groups is 1. The molecule has 0 aromatic carbocycles. The Kier molecular flexibility index (Phi) is 1.29. The molecule has 0 amide bonds. The van der Waals surface area contributed by atoms with Crippen LogP contribution >= 0.6 is 12.6 Å². The fourth-order valence-electron chi connectivity index (χ4n) is 0.598. The molecule has 0 aliphatic heterocycles. The summed E-state index contributed by atoms with van der Waals surface area (Å²) < 4.78 is 0. The standard InChI is InChI=1S/C5H8N2S/c1-3-5(8)7-4(2)6-3/h8H,1-2H3,(H,6,7). The number of aromatic nitrogens is 2. The van der Waals surface area contributed by atoms with Crippen LogP contribution in [0, 0.1) is 13.8 Å². The Morgan fingerprint density at radius 1 is 1.50 bits per heavy atom. The fourth-order valence-corrected chi connectivity index (χ4v) is 0.804. The zero-order valence-corrected chi connectivity index (χ0v) is 5.79. The molecule has 8 heavy (non-hydrogen) atoms. The highest BCUT2D eigenvalue weighted by molar-refractivity contribution is 7.80. The number of hydrogen-bond donors (Lipinski definition) is 2. The predicted octanol–water partition coefficient (Wildman–Crippen LogP) is 1.32. The van der Waals surface area contributed by atoms with Gasteiger partial charge < -0.3 is 4.98 Å². The van der Waals surface area contributed by atoms with Crippen molar-refractivity contribution >= 4 is 12.6 Å². The van der Waals surface area contributed by atoms with Crippen LogP contribution in [-0.4, -0.2) is 9.97 Å². The van der Waals surface area contributed by atoms with Crippen molar-refractivity contribution in [3.05, 3.63) is 11.5 Å². The molecule has 0 saturated carbocycles. The molecule has 0 bridgehead atoms. The first-order chi connectivity index (χ1) is 3.70. The number of H-pyrrole nitrogens is 1. The monoisotopic (exact) mass is 128 g/mol. The maximum absolute atomic E-state index is 4.08. The first-order valence-electron chi connectivity index (χ1n) is 2.42. The van der Waals surface area contributed by atoms with E-state index in [0.29, 0.717) is 0 Å². The van der Waals surface area contributed by atoms with Crippen molar-refractivity contribution in [1.82, 2.24) is 9.97 Å². The average molecular weight is 128 g/mol. The van der Waals surface area contributed by atoms with Gasteiger partial charge in [-0.25, -0.2) is 4.98 Å². The van der Waals surface area contributed by atoms with Crippen LogP contribution in [0.25, 0.3) is 0 Å². The highest BCUT2D eigenvalue weighted by Crippen LogP contribution is 2.06. The molecule has 1 aromatic heterocycles. The molecule has 0 atom stereocenters. The van der Waals surface area contributed by atoms with E-state index in [0.717, 1.165) is 16.5 Å². The third-order valence-electron chi connectivity index (χ3n) is 0.977. The van der Waals surface area contributed by atoms with Crippen LogP contribution in [-0.2, 0) is 0 Å². The molecule has 1 rings (SSSR count). The van der Waals surface area contributed by atoms with Gasteiger partial charge in [-0.15, -0.1) is 12.6 Å². The lowest BCUT2D eigenvalue weighted by Crippen LogP contribution is -1.70. The van der Waals surface area contributed by atoms with E-state index in [1.807, 2.05) is 13.8 Å². The van der Waals surface area contributed by atoms with E-state index in [1.54, 1.807) is 0 Å². The number of imidazole rings is 1. The van der Waals surface area contributed by atoms with Crippen molar-refractivity contribution in [1.29, 1.82) is 0 Å². The van der Waals surface area contributed by atoms with Crippen molar-refractivity contribution in [2.24, 2.45) is 0 Å². The molecule has 0 spiro atoms. The lowest BCUT2D eigenvalue weighted by molar-refractivity contribution is 1.10. The van der Waals surface area contributed by atoms with Crippen molar-refractivity contribution < 1.29 is 0 Å². The highest BCUT2D eigenvalue weighted by Gasteiger charge is 1.95. The second-order valence-electron chi connectivity index (χ2n) is 1.77. The van der Waals surface area contributed by atoms with E-state index in [-0.39, 0.29) is 0 Å². The van der Waals surface area contributed by atoms with E-state index in [1.165, 1.54) is 0 Å². The van der Waals surface area contributed by atoms with Gasteiger partial charge in [0.1, 0.15) is 10.9 Å². The summed E-state index contributed by atoms with van der Waals surface area (Å²) in [6.45, 7) is 3.86. The Balaban J connectivity index is 3.14. The smallest absolute Gasteiger partial charge is 0.114 e. The quantitative estimate of drug-likeness (QED) is 0.507. The molecule has 0 fully saturated rings. The predicted molar refractivity (Wildman–Crippen MR) is 35.3 cm³/mol. The number of nitrogens with zero attached hydrogens (tertiary/aromatic N) is 1. The number of rotatable bonds is 0. The Morgan fingerprint density at radius 3 is 2.25 bits per heavy atom. The minimum absolute atomic E-state index is 0.794. The van der Waals surface area contributed by atoms with Crippen LogP contribution in [0.5, 0.6) is 0 Å². The van der Waals surface area contributed by atoms with Gasteiger partial charge in [0.2, 0.25) is 0 Å². The number of aryl methyl sites for hydroxylation is 2. The maximum atomic E-state index is 4.08. The van der Waals surface area contributed by atoms with Crippen LogP contribution in [0.1, 0.15) is 11.5 Å². The van der Waals surface area contributed by atoms with Gasteiger partial charge in [0.15, 0.2) is 0 Å². The molecule has 44 valence electrons. The molecule has 0 unspecified atom stereocenters. The van der Waals surface area contributed by atoms with Gasteiger partial charge in [0, 0.05) is 5.69 Å². The topological polar surface area (TPSA) is 28.7 Å². The second-order valence-corrected chi connectivity index (χ2v) is 2.19. The molecule has 0 radical (unpaired) electrons. The molecule has 1 heterocycles. The van der Waals surface area contributed by atoms with E-state index >= 15 is 0 Å². The minimum Gasteiger partial charge on any atom is -0.345 e. The highest BCUT2D eigenvalue weighted by atomic mass is 32.1. The largest absolute Gasteiger partial charge is 0.345 e. The summed E-state index contributed by atoms with van der Waals surface area (Å²) in [6, 6.07) is 0. The van der Waals surface area contributed by atoms with Crippen molar-refractivity contribution in [3.8, 4) is 0 Å². The first-order valence-corrected chi connectivity index (χ1v) is 2.87. The summed E-state index contributed by atoms with van der Waals surface area (Å²) in [6.07, 6.45) is 0. The van der Waals surface area contributed by atoms with Gasteiger partial charge >= 0.3 is 0 Å². The lowest BCUT2D eigenvalue weighted by atomic mass is 10.6. The Morgan fingerprint density at radius 2 is 2.12 bits per heavy atom. The second kappa shape index (κ2) is 1.82. The van der Waals surface area contributed by atoms with Crippen molar-refractivity contribution in [2.45, 2.75) is 18.9 Å². The zero-order valence-electron chi connectivity index (χ0n) is 4.89. The number of aromatic amines is 1. The maximum Gasteiger partial charge on any atom is 0.114 e. The van der Waals surface area contributed by atoms with Gasteiger partial charge in [-0.1, -0.05) is 0 Å². The first kappa shape index (κ1) is 5.69. The summed E-state index contributed by atoms with van der Waals surface area (Å²) in [7, 11) is 0. The molecular formula is C5H8N2S. The lowest BCUT2D eigenvalue weighted by Gasteiger charge is -1.78. The average Bonchev–Trinajstić information content (AvgIpc) is 1.85. The Labute approximate surface area is 53.7 Å². The molecule has 1 N–H and O–H groups in total. The molecule has 2 nitrogen and oxygen atoms in total. The summed E-state index contributed by atoms with van der Waals surface area (Å²) in [5, 5.41) is 0.794. The van der Waals surface area contributed by atoms with Crippen LogP contribution in [0.2, 0.25) is 0 Å². The van der Waals surface area contributed by atoms with Gasteiger partial charge in [0.25, 0.3) is 0 Å². The van der Waals surface area contributed by atoms with E-state index < -0.39 is 0 Å². The fraction of sp³-hybridized carbons (Fsp3) is 0.400.